The van der Waals surface area contributed by atoms with Crippen LogP contribution in [-0.2, 0) is 9.53 Å². The number of nitrogens with one attached hydrogen (secondary N) is 1. The maximum Gasteiger partial charge on any atom is 0.274 e. The molecule has 0 spiro atoms. The zero-order valence-electron chi connectivity index (χ0n) is 12.2. The number of piperazine rings is 1. The zero-order valence-corrected chi connectivity index (χ0v) is 12.2. The van der Waals surface area contributed by atoms with Crippen molar-refractivity contribution < 1.29 is 14.3 Å². The molecule has 1 N–H and O–H groups in total. The third kappa shape index (κ3) is 3.07. The molecule has 0 atom stereocenters. The van der Waals surface area contributed by atoms with Gasteiger partial charge >= 0.3 is 0 Å². The molecule has 0 bridgehead atoms. The number of carbonyl (C=O) groups excluding carboxylic acids is 2. The first-order valence-electron chi connectivity index (χ1n) is 7.30. The highest BCUT2D eigenvalue weighted by Gasteiger charge is 2.29. The molecule has 2 heterocycles. The Kier molecular flexibility index (Phi) is 3.92. The van der Waals surface area contributed by atoms with Gasteiger partial charge < -0.3 is 14.5 Å². The second-order valence-corrected chi connectivity index (χ2v) is 5.59. The van der Waals surface area contributed by atoms with Crippen LogP contribution in [0, 0.1) is 0 Å². The smallest absolute Gasteiger partial charge is 0.274 e. The largest absolute Gasteiger partial charge is 0.375 e. The van der Waals surface area contributed by atoms with Crippen molar-refractivity contribution in [3.8, 4) is 0 Å². The molecule has 0 radical (unpaired) electrons. The van der Waals surface area contributed by atoms with Gasteiger partial charge in [-0.15, -0.1) is 0 Å². The Morgan fingerprint density at radius 3 is 2.57 bits per heavy atom. The summed E-state index contributed by atoms with van der Waals surface area (Å²) in [4.78, 5) is 27.6. The van der Waals surface area contributed by atoms with E-state index in [0.717, 1.165) is 5.69 Å². The van der Waals surface area contributed by atoms with Gasteiger partial charge in [-0.2, -0.15) is 5.10 Å². The number of rotatable bonds is 4. The van der Waals surface area contributed by atoms with E-state index >= 15 is 0 Å². The van der Waals surface area contributed by atoms with Gasteiger partial charge in [0, 0.05) is 44.9 Å². The third-order valence-corrected chi connectivity index (χ3v) is 4.02. The Morgan fingerprint density at radius 2 is 1.95 bits per heavy atom. The Bertz CT molecular complexity index is 530. The predicted molar refractivity (Wildman–Crippen MR) is 74.9 cm³/mol. The van der Waals surface area contributed by atoms with Crippen molar-refractivity contribution in [1.82, 2.24) is 20.0 Å². The van der Waals surface area contributed by atoms with Crippen LogP contribution >= 0.6 is 0 Å². The quantitative estimate of drug-likeness (QED) is 0.861. The summed E-state index contributed by atoms with van der Waals surface area (Å²) in [6, 6.07) is 1.86. The number of methoxy groups -OCH3 is 1. The van der Waals surface area contributed by atoms with Crippen LogP contribution in [0.15, 0.2) is 6.07 Å². The van der Waals surface area contributed by atoms with Crippen LogP contribution in [0.3, 0.4) is 0 Å². The molecule has 1 aliphatic carbocycles. The van der Waals surface area contributed by atoms with Gasteiger partial charge in [0.15, 0.2) is 0 Å². The first kappa shape index (κ1) is 14.1. The summed E-state index contributed by atoms with van der Waals surface area (Å²) in [6.07, 6.45) is 2.35. The topological polar surface area (TPSA) is 78.5 Å². The maximum absolute atomic E-state index is 12.4. The standard InChI is InChI=1S/C14H20N4O3/c1-21-9-13(19)17-4-6-18(7-5-17)14(20)12-8-11(15-16-12)10-2-3-10/h8,10H,2-7,9H2,1H3,(H,15,16). The maximum atomic E-state index is 12.4. The van der Waals surface area contributed by atoms with Gasteiger partial charge in [0.2, 0.25) is 5.91 Å². The van der Waals surface area contributed by atoms with Crippen LogP contribution in [0.25, 0.3) is 0 Å². The van der Waals surface area contributed by atoms with E-state index in [1.165, 1.54) is 20.0 Å². The Morgan fingerprint density at radius 1 is 1.29 bits per heavy atom. The first-order chi connectivity index (χ1) is 10.2. The van der Waals surface area contributed by atoms with E-state index in [2.05, 4.69) is 10.2 Å². The van der Waals surface area contributed by atoms with Crippen LogP contribution in [0.1, 0.15) is 34.9 Å². The normalized spacial score (nSPS) is 18.9. The summed E-state index contributed by atoms with van der Waals surface area (Å²) in [5.41, 5.74) is 1.54. The monoisotopic (exact) mass is 292 g/mol. The van der Waals surface area contributed by atoms with Crippen molar-refractivity contribution in [1.29, 1.82) is 0 Å². The number of aromatic amines is 1. The first-order valence-corrected chi connectivity index (χ1v) is 7.30. The van der Waals surface area contributed by atoms with Crippen molar-refractivity contribution in [2.45, 2.75) is 18.8 Å². The molecule has 1 saturated carbocycles. The van der Waals surface area contributed by atoms with Crippen molar-refractivity contribution in [3.63, 3.8) is 0 Å². The third-order valence-electron chi connectivity index (χ3n) is 4.02. The minimum Gasteiger partial charge on any atom is -0.375 e. The molecule has 2 fully saturated rings. The molecule has 2 amide bonds. The number of nitrogens with zero attached hydrogens (tertiary/aromatic N) is 3. The molecule has 1 aromatic heterocycles. The summed E-state index contributed by atoms with van der Waals surface area (Å²) in [6.45, 7) is 2.28. The minimum absolute atomic E-state index is 0.0274. The Hall–Kier alpha value is -1.89. The Balaban J connectivity index is 1.55. The van der Waals surface area contributed by atoms with Gasteiger partial charge in [-0.25, -0.2) is 0 Å². The molecule has 2 aliphatic rings. The number of hydrogen-bond acceptors (Lipinski definition) is 4. The van der Waals surface area contributed by atoms with Crippen LogP contribution in [-0.4, -0.2) is 71.7 Å². The lowest BCUT2D eigenvalue weighted by molar-refractivity contribution is -0.136. The zero-order chi connectivity index (χ0) is 14.8. The molecule has 1 aliphatic heterocycles. The van der Waals surface area contributed by atoms with Crippen LogP contribution in [0.5, 0.6) is 0 Å². The molecule has 1 saturated heterocycles. The molecular formula is C14H20N4O3. The molecule has 7 nitrogen and oxygen atoms in total. The predicted octanol–water partition coefficient (Wildman–Crippen LogP) is 0.218. The number of H-pyrrole nitrogens is 1. The molecule has 21 heavy (non-hydrogen) atoms. The average molecular weight is 292 g/mol. The van der Waals surface area contributed by atoms with Gasteiger partial charge in [-0.3, -0.25) is 14.7 Å². The summed E-state index contributed by atoms with van der Waals surface area (Å²) in [5.74, 6) is 0.472. The highest BCUT2D eigenvalue weighted by Crippen LogP contribution is 2.39. The molecule has 114 valence electrons. The lowest BCUT2D eigenvalue weighted by Gasteiger charge is -2.34. The van der Waals surface area contributed by atoms with Gasteiger partial charge in [0.1, 0.15) is 12.3 Å². The van der Waals surface area contributed by atoms with Crippen molar-refractivity contribution >= 4 is 11.8 Å². The van der Waals surface area contributed by atoms with Crippen LogP contribution in [0.4, 0.5) is 0 Å². The van der Waals surface area contributed by atoms with E-state index in [9.17, 15) is 9.59 Å². The van der Waals surface area contributed by atoms with Gasteiger partial charge in [0.05, 0.1) is 0 Å². The molecule has 0 unspecified atom stereocenters. The fourth-order valence-electron chi connectivity index (χ4n) is 2.59. The fourth-order valence-corrected chi connectivity index (χ4v) is 2.59. The molecular weight excluding hydrogens is 272 g/mol. The Labute approximate surface area is 123 Å². The van der Waals surface area contributed by atoms with E-state index in [0.29, 0.717) is 37.8 Å². The second kappa shape index (κ2) is 5.85. The molecule has 0 aromatic carbocycles. The number of aromatic nitrogens is 2. The van der Waals surface area contributed by atoms with Gasteiger partial charge in [0.25, 0.3) is 5.91 Å². The van der Waals surface area contributed by atoms with Crippen LogP contribution < -0.4 is 0 Å². The summed E-state index contributed by atoms with van der Waals surface area (Å²) >= 11 is 0. The molecule has 1 aromatic rings. The van der Waals surface area contributed by atoms with Gasteiger partial charge in [-0.05, 0) is 18.9 Å². The summed E-state index contributed by atoms with van der Waals surface area (Å²) in [5, 5.41) is 7.07. The van der Waals surface area contributed by atoms with Crippen molar-refractivity contribution in [2.24, 2.45) is 0 Å². The lowest BCUT2D eigenvalue weighted by atomic mass is 10.2. The average Bonchev–Trinajstić information content (AvgIpc) is 3.24. The van der Waals surface area contributed by atoms with E-state index in [-0.39, 0.29) is 18.4 Å². The van der Waals surface area contributed by atoms with E-state index in [1.807, 2.05) is 6.07 Å². The van der Waals surface area contributed by atoms with E-state index in [1.54, 1.807) is 9.80 Å². The highest BCUT2D eigenvalue weighted by atomic mass is 16.5. The lowest BCUT2D eigenvalue weighted by Crippen LogP contribution is -2.51. The van der Waals surface area contributed by atoms with Crippen LogP contribution in [0.2, 0.25) is 0 Å². The number of ether oxygens (including phenoxy) is 1. The second-order valence-electron chi connectivity index (χ2n) is 5.59. The molecule has 7 heteroatoms. The molecule has 3 rings (SSSR count). The van der Waals surface area contributed by atoms with E-state index in [4.69, 9.17) is 4.74 Å². The van der Waals surface area contributed by atoms with Gasteiger partial charge in [-0.1, -0.05) is 0 Å². The number of amides is 2. The SMILES string of the molecule is COCC(=O)N1CCN(C(=O)c2cc(C3CC3)[nH]n2)CC1. The number of carbonyl (C=O) groups is 2. The number of hydrogen-bond donors (Lipinski definition) is 1. The minimum atomic E-state index is -0.0583. The fraction of sp³-hybridized carbons (Fsp3) is 0.643. The summed E-state index contributed by atoms with van der Waals surface area (Å²) in [7, 11) is 1.51. The van der Waals surface area contributed by atoms with Crippen molar-refractivity contribution in [2.75, 3.05) is 39.9 Å². The van der Waals surface area contributed by atoms with E-state index < -0.39 is 0 Å². The summed E-state index contributed by atoms with van der Waals surface area (Å²) < 4.78 is 4.85. The van der Waals surface area contributed by atoms with Crippen molar-refractivity contribution in [3.05, 3.63) is 17.5 Å². The highest BCUT2D eigenvalue weighted by molar-refractivity contribution is 5.92.